The lowest BCUT2D eigenvalue weighted by Crippen LogP contribution is -2.47. The Morgan fingerprint density at radius 2 is 1.67 bits per heavy atom. The van der Waals surface area contributed by atoms with Crippen molar-refractivity contribution in [2.45, 2.75) is 57.3 Å². The summed E-state index contributed by atoms with van der Waals surface area (Å²) in [4.78, 5) is 35.3. The number of carbonyl (C=O) groups excluding carboxylic acids is 2. The van der Waals surface area contributed by atoms with Crippen molar-refractivity contribution in [1.82, 2.24) is 4.90 Å². The number of ether oxygens (including phenoxy) is 1. The highest BCUT2D eigenvalue weighted by Crippen LogP contribution is 2.30. The fraction of sp³-hybridized carbons (Fsp3) is 0.550. The number of unbranched alkanes of at least 4 members (excludes halogenated alkanes) is 5. The van der Waals surface area contributed by atoms with E-state index in [1.165, 1.54) is 0 Å². The molecule has 1 aromatic carbocycles. The van der Waals surface area contributed by atoms with Gasteiger partial charge in [-0.3, -0.25) is 9.59 Å². The van der Waals surface area contributed by atoms with E-state index in [-0.39, 0.29) is 13.0 Å². The van der Waals surface area contributed by atoms with Crippen LogP contribution in [0.2, 0.25) is 0 Å². The molecule has 0 saturated carbocycles. The molecule has 0 bridgehead atoms. The fourth-order valence-corrected chi connectivity index (χ4v) is 3.20. The highest BCUT2D eigenvalue weighted by atomic mass is 16.5. The van der Waals surface area contributed by atoms with Crippen molar-refractivity contribution in [3.05, 3.63) is 29.8 Å². The van der Waals surface area contributed by atoms with Gasteiger partial charge >= 0.3 is 6.09 Å². The fourth-order valence-electron chi connectivity index (χ4n) is 3.20. The number of likely N-dealkylation sites (tertiary alicyclic amines) is 1. The Kier molecular flexibility index (Phi) is 8.26. The molecule has 2 N–H and O–H groups in total. The van der Waals surface area contributed by atoms with Gasteiger partial charge in [-0.15, -0.1) is 0 Å². The summed E-state index contributed by atoms with van der Waals surface area (Å²) in [6.45, 7) is 0.874. The van der Waals surface area contributed by atoms with E-state index in [1.807, 2.05) is 0 Å². The lowest BCUT2D eigenvalue weighted by atomic mass is 9.89. The molecule has 27 heavy (non-hydrogen) atoms. The molecular weight excluding hydrogens is 350 g/mol. The number of aliphatic hydroxyl groups excluding tert-OH is 1. The van der Waals surface area contributed by atoms with Gasteiger partial charge in [-0.1, -0.05) is 37.8 Å². The van der Waals surface area contributed by atoms with Gasteiger partial charge in [-0.2, -0.15) is 4.90 Å². The standard InChI is InChI=1S/C20H27NO6/c22-13-5-3-1-2-4-6-14-27-16-9-7-15(8-10-16)17-11-12-18(23)21(19(17)24)20(25)26/h7-10,17,22H,1-6,11-14H2,(H,25,26). The third kappa shape index (κ3) is 6.06. The van der Waals surface area contributed by atoms with Gasteiger partial charge in [0.2, 0.25) is 11.8 Å². The van der Waals surface area contributed by atoms with E-state index >= 15 is 0 Å². The topological polar surface area (TPSA) is 104 Å². The van der Waals surface area contributed by atoms with E-state index in [2.05, 4.69) is 0 Å². The van der Waals surface area contributed by atoms with Gasteiger partial charge in [-0.25, -0.2) is 4.79 Å². The van der Waals surface area contributed by atoms with Gasteiger partial charge < -0.3 is 14.9 Å². The summed E-state index contributed by atoms with van der Waals surface area (Å²) in [5, 5.41) is 17.8. The van der Waals surface area contributed by atoms with Crippen LogP contribution < -0.4 is 4.74 Å². The van der Waals surface area contributed by atoms with E-state index < -0.39 is 23.8 Å². The van der Waals surface area contributed by atoms with Crippen LogP contribution in [0.4, 0.5) is 4.79 Å². The van der Waals surface area contributed by atoms with Crippen molar-refractivity contribution in [3.8, 4) is 5.75 Å². The molecule has 7 heteroatoms. The molecule has 1 heterocycles. The SMILES string of the molecule is O=C(O)N1C(=O)CCC(c2ccc(OCCCCCCCCO)cc2)C1=O. The van der Waals surface area contributed by atoms with Crippen LogP contribution >= 0.6 is 0 Å². The number of imide groups is 3. The molecule has 1 aliphatic heterocycles. The van der Waals surface area contributed by atoms with Crippen molar-refractivity contribution in [2.24, 2.45) is 0 Å². The van der Waals surface area contributed by atoms with Gasteiger partial charge in [0.15, 0.2) is 0 Å². The lowest BCUT2D eigenvalue weighted by Gasteiger charge is -2.27. The molecule has 1 saturated heterocycles. The van der Waals surface area contributed by atoms with Gasteiger partial charge in [0.05, 0.1) is 12.5 Å². The minimum atomic E-state index is -1.52. The molecule has 1 atom stereocenters. The number of piperidine rings is 1. The van der Waals surface area contributed by atoms with Crippen LogP contribution in [0.5, 0.6) is 5.75 Å². The first kappa shape index (κ1) is 20.9. The third-order valence-corrected chi connectivity index (χ3v) is 4.71. The average Bonchev–Trinajstić information content (AvgIpc) is 2.64. The third-order valence-electron chi connectivity index (χ3n) is 4.71. The number of hydrogen-bond acceptors (Lipinski definition) is 5. The van der Waals surface area contributed by atoms with Gasteiger partial charge in [0.25, 0.3) is 0 Å². The molecule has 1 aliphatic rings. The molecule has 0 radical (unpaired) electrons. The maximum atomic E-state index is 12.3. The van der Waals surface area contributed by atoms with Gasteiger partial charge in [0, 0.05) is 13.0 Å². The number of amides is 3. The first-order chi connectivity index (χ1) is 13.0. The largest absolute Gasteiger partial charge is 0.494 e. The highest BCUT2D eigenvalue weighted by molar-refractivity contribution is 6.11. The Hall–Kier alpha value is -2.41. The van der Waals surface area contributed by atoms with E-state index in [0.717, 1.165) is 38.5 Å². The number of rotatable bonds is 10. The Labute approximate surface area is 158 Å². The highest BCUT2D eigenvalue weighted by Gasteiger charge is 2.39. The number of carbonyl (C=O) groups is 3. The molecule has 148 valence electrons. The molecule has 0 aliphatic carbocycles. The molecule has 7 nitrogen and oxygen atoms in total. The average molecular weight is 377 g/mol. The van der Waals surface area contributed by atoms with Crippen molar-refractivity contribution in [2.75, 3.05) is 13.2 Å². The van der Waals surface area contributed by atoms with Crippen molar-refractivity contribution in [3.63, 3.8) is 0 Å². The maximum absolute atomic E-state index is 12.3. The molecule has 1 unspecified atom stereocenters. The molecule has 2 rings (SSSR count). The predicted molar refractivity (Wildman–Crippen MR) is 98.6 cm³/mol. The van der Waals surface area contributed by atoms with E-state index in [0.29, 0.717) is 29.2 Å². The van der Waals surface area contributed by atoms with Crippen molar-refractivity contribution >= 4 is 17.9 Å². The van der Waals surface area contributed by atoms with Crippen molar-refractivity contribution in [1.29, 1.82) is 0 Å². The smallest absolute Gasteiger partial charge is 0.421 e. The molecule has 3 amide bonds. The Morgan fingerprint density at radius 1 is 1.04 bits per heavy atom. The number of benzene rings is 1. The summed E-state index contributed by atoms with van der Waals surface area (Å²) in [6, 6.07) is 7.04. The Balaban J connectivity index is 1.79. The predicted octanol–water partition coefficient (Wildman–Crippen LogP) is 3.31. The molecule has 1 fully saturated rings. The Morgan fingerprint density at radius 3 is 2.30 bits per heavy atom. The maximum Gasteiger partial charge on any atom is 0.421 e. The van der Waals surface area contributed by atoms with Crippen LogP contribution in [0.25, 0.3) is 0 Å². The summed E-state index contributed by atoms with van der Waals surface area (Å²) < 4.78 is 5.70. The second-order valence-corrected chi connectivity index (χ2v) is 6.70. The monoisotopic (exact) mass is 377 g/mol. The normalized spacial score (nSPS) is 17.2. The van der Waals surface area contributed by atoms with Crippen LogP contribution in [-0.4, -0.2) is 46.2 Å². The minimum Gasteiger partial charge on any atom is -0.494 e. The second-order valence-electron chi connectivity index (χ2n) is 6.70. The van der Waals surface area contributed by atoms with Crippen LogP contribution in [0.15, 0.2) is 24.3 Å². The summed E-state index contributed by atoms with van der Waals surface area (Å²) >= 11 is 0. The zero-order valence-corrected chi connectivity index (χ0v) is 15.4. The number of hydrogen-bond donors (Lipinski definition) is 2. The number of carboxylic acid groups (broad SMARTS) is 1. The van der Waals surface area contributed by atoms with Crippen LogP contribution in [0.3, 0.4) is 0 Å². The van der Waals surface area contributed by atoms with E-state index in [9.17, 15) is 14.4 Å². The van der Waals surface area contributed by atoms with Crippen LogP contribution in [0, 0.1) is 0 Å². The molecular formula is C20H27NO6. The van der Waals surface area contributed by atoms with E-state index in [4.69, 9.17) is 14.9 Å². The molecule has 1 aromatic rings. The summed E-state index contributed by atoms with van der Waals surface area (Å²) in [5.41, 5.74) is 0.690. The van der Waals surface area contributed by atoms with Gasteiger partial charge in [-0.05, 0) is 37.0 Å². The molecule has 0 spiro atoms. The Bertz CT molecular complexity index is 642. The van der Waals surface area contributed by atoms with Crippen LogP contribution in [-0.2, 0) is 9.59 Å². The minimum absolute atomic E-state index is 0.0409. The quantitative estimate of drug-likeness (QED) is 0.479. The first-order valence-corrected chi connectivity index (χ1v) is 9.48. The molecule has 0 aromatic heterocycles. The summed E-state index contributed by atoms with van der Waals surface area (Å²) in [6.07, 6.45) is 5.05. The van der Waals surface area contributed by atoms with Crippen molar-refractivity contribution < 1.29 is 29.3 Å². The zero-order valence-electron chi connectivity index (χ0n) is 15.4. The van der Waals surface area contributed by atoms with Crippen LogP contribution in [0.1, 0.15) is 62.8 Å². The lowest BCUT2D eigenvalue weighted by molar-refractivity contribution is -0.146. The van der Waals surface area contributed by atoms with E-state index in [1.54, 1.807) is 24.3 Å². The summed E-state index contributed by atoms with van der Waals surface area (Å²) in [5.74, 6) is -1.27. The number of aliphatic hydroxyl groups is 1. The summed E-state index contributed by atoms with van der Waals surface area (Å²) in [7, 11) is 0. The first-order valence-electron chi connectivity index (χ1n) is 9.48. The second kappa shape index (κ2) is 10.7. The number of nitrogens with zero attached hydrogens (tertiary/aromatic N) is 1. The van der Waals surface area contributed by atoms with Gasteiger partial charge in [0.1, 0.15) is 5.75 Å². The zero-order chi connectivity index (χ0) is 19.6.